The van der Waals surface area contributed by atoms with E-state index in [-0.39, 0.29) is 12.1 Å². The molecular weight excluding hydrogens is 278 g/mol. The van der Waals surface area contributed by atoms with Gasteiger partial charge in [0, 0.05) is 50.3 Å². The van der Waals surface area contributed by atoms with E-state index < -0.39 is 11.9 Å². The Bertz CT molecular complexity index is 361. The maximum absolute atomic E-state index is 12.1. The van der Waals surface area contributed by atoms with Crippen LogP contribution in [0.5, 0.6) is 0 Å². The second-order valence-electron chi connectivity index (χ2n) is 5.35. The fourth-order valence-corrected chi connectivity index (χ4v) is 3.78. The van der Waals surface area contributed by atoms with Gasteiger partial charge in [-0.05, 0) is 13.3 Å². The minimum absolute atomic E-state index is 0.132. The fraction of sp³-hybridized carbons (Fsp3) is 0.846. The molecule has 0 aliphatic carbocycles. The smallest absolute Gasteiger partial charge is 0.317 e. The van der Waals surface area contributed by atoms with Crippen molar-refractivity contribution in [2.45, 2.75) is 19.4 Å². The van der Waals surface area contributed by atoms with Crippen LogP contribution in [0, 0.1) is 5.92 Å². The topological polar surface area (TPSA) is 72.9 Å². The molecule has 0 aromatic rings. The summed E-state index contributed by atoms with van der Waals surface area (Å²) in [6, 6.07) is -0.355. The monoisotopic (exact) mass is 301 g/mol. The van der Waals surface area contributed by atoms with Gasteiger partial charge in [0.05, 0.1) is 5.92 Å². The molecule has 0 bridgehead atoms. The Balaban J connectivity index is 1.71. The van der Waals surface area contributed by atoms with Gasteiger partial charge < -0.3 is 15.3 Å². The van der Waals surface area contributed by atoms with Gasteiger partial charge in [-0.1, -0.05) is 0 Å². The molecule has 2 atom stereocenters. The lowest BCUT2D eigenvalue weighted by molar-refractivity contribution is -0.142. The van der Waals surface area contributed by atoms with Crippen LogP contribution in [-0.4, -0.2) is 77.2 Å². The van der Waals surface area contributed by atoms with Crippen molar-refractivity contribution in [1.82, 2.24) is 15.1 Å². The zero-order valence-electron chi connectivity index (χ0n) is 11.9. The zero-order chi connectivity index (χ0) is 14.5. The number of aliphatic carboxylic acids is 1. The highest BCUT2D eigenvalue weighted by molar-refractivity contribution is 7.99. The molecule has 2 aliphatic heterocycles. The first-order valence-electron chi connectivity index (χ1n) is 7.17. The maximum atomic E-state index is 12.1. The summed E-state index contributed by atoms with van der Waals surface area (Å²) in [5.41, 5.74) is 0. The summed E-state index contributed by atoms with van der Waals surface area (Å²) in [4.78, 5) is 27.1. The summed E-state index contributed by atoms with van der Waals surface area (Å²) in [5, 5.41) is 12.0. The number of thioether (sulfide) groups is 1. The summed E-state index contributed by atoms with van der Waals surface area (Å²) >= 11 is 1.97. The lowest BCUT2D eigenvalue weighted by Gasteiger charge is -2.27. The van der Waals surface area contributed by atoms with Gasteiger partial charge in [0.2, 0.25) is 0 Å². The van der Waals surface area contributed by atoms with Gasteiger partial charge in [0.25, 0.3) is 0 Å². The molecule has 0 spiro atoms. The summed E-state index contributed by atoms with van der Waals surface area (Å²) in [5.74, 6) is 1.09. The minimum atomic E-state index is -0.807. The van der Waals surface area contributed by atoms with Crippen LogP contribution >= 0.6 is 11.8 Å². The molecule has 2 heterocycles. The molecule has 0 aromatic carbocycles. The van der Waals surface area contributed by atoms with Gasteiger partial charge in [-0.15, -0.1) is 0 Å². The second-order valence-corrected chi connectivity index (χ2v) is 6.58. The number of carbonyl (C=O) groups is 2. The number of carboxylic acids is 1. The predicted molar refractivity (Wildman–Crippen MR) is 79.1 cm³/mol. The number of carboxylic acid groups (broad SMARTS) is 1. The molecule has 20 heavy (non-hydrogen) atoms. The quantitative estimate of drug-likeness (QED) is 0.793. The Morgan fingerprint density at radius 3 is 2.60 bits per heavy atom. The second kappa shape index (κ2) is 7.17. The van der Waals surface area contributed by atoms with Crippen molar-refractivity contribution in [1.29, 1.82) is 0 Å². The summed E-state index contributed by atoms with van der Waals surface area (Å²) in [7, 11) is 0. The van der Waals surface area contributed by atoms with E-state index in [0.717, 1.165) is 31.1 Å². The number of nitrogens with one attached hydrogen (secondary N) is 1. The molecule has 2 amide bonds. The molecule has 2 unspecified atom stereocenters. The van der Waals surface area contributed by atoms with Crippen LogP contribution in [-0.2, 0) is 4.79 Å². The van der Waals surface area contributed by atoms with Crippen LogP contribution in [0.2, 0.25) is 0 Å². The molecule has 2 N–H and O–H groups in total. The number of amides is 2. The van der Waals surface area contributed by atoms with Crippen LogP contribution in [0.1, 0.15) is 13.3 Å². The van der Waals surface area contributed by atoms with Crippen LogP contribution in [0.3, 0.4) is 0 Å². The van der Waals surface area contributed by atoms with Crippen molar-refractivity contribution in [3.05, 3.63) is 0 Å². The van der Waals surface area contributed by atoms with Crippen molar-refractivity contribution >= 4 is 23.8 Å². The molecule has 6 nitrogen and oxygen atoms in total. The lowest BCUT2D eigenvalue weighted by atomic mass is 10.0. The SMILES string of the molecule is CC1C(C(=O)O)CCN1C(=O)NCCN1CCSCC1. The largest absolute Gasteiger partial charge is 0.481 e. The third-order valence-electron chi connectivity index (χ3n) is 4.14. The first-order chi connectivity index (χ1) is 9.59. The average molecular weight is 301 g/mol. The Hall–Kier alpha value is -0.950. The normalized spacial score (nSPS) is 27.6. The number of nitrogens with zero attached hydrogens (tertiary/aromatic N) is 2. The molecule has 0 radical (unpaired) electrons. The number of urea groups is 1. The highest BCUT2D eigenvalue weighted by atomic mass is 32.2. The van der Waals surface area contributed by atoms with Crippen molar-refractivity contribution in [2.75, 3.05) is 44.2 Å². The van der Waals surface area contributed by atoms with Gasteiger partial charge in [-0.25, -0.2) is 4.79 Å². The number of carbonyl (C=O) groups excluding carboxylic acids is 1. The van der Waals surface area contributed by atoms with E-state index in [4.69, 9.17) is 5.11 Å². The molecule has 2 saturated heterocycles. The Morgan fingerprint density at radius 2 is 2.00 bits per heavy atom. The number of hydrogen-bond donors (Lipinski definition) is 2. The van der Waals surface area contributed by atoms with Crippen molar-refractivity contribution in [3.63, 3.8) is 0 Å². The first kappa shape index (κ1) is 15.4. The summed E-state index contributed by atoms with van der Waals surface area (Å²) in [6.07, 6.45) is 0.549. The lowest BCUT2D eigenvalue weighted by Crippen LogP contribution is -2.46. The van der Waals surface area contributed by atoms with E-state index >= 15 is 0 Å². The average Bonchev–Trinajstić information content (AvgIpc) is 2.82. The summed E-state index contributed by atoms with van der Waals surface area (Å²) < 4.78 is 0. The predicted octanol–water partition coefficient (Wildman–Crippen LogP) is 0.540. The van der Waals surface area contributed by atoms with E-state index in [9.17, 15) is 9.59 Å². The summed E-state index contributed by atoms with van der Waals surface area (Å²) in [6.45, 7) is 6.02. The van der Waals surface area contributed by atoms with E-state index in [2.05, 4.69) is 10.2 Å². The van der Waals surface area contributed by atoms with Crippen LogP contribution in [0.4, 0.5) is 4.79 Å². The van der Waals surface area contributed by atoms with Crippen LogP contribution in [0.15, 0.2) is 0 Å². The van der Waals surface area contributed by atoms with Crippen molar-refractivity contribution < 1.29 is 14.7 Å². The van der Waals surface area contributed by atoms with Gasteiger partial charge in [0.1, 0.15) is 0 Å². The molecular formula is C13H23N3O3S. The van der Waals surface area contributed by atoms with E-state index in [0.29, 0.717) is 19.5 Å². The zero-order valence-corrected chi connectivity index (χ0v) is 12.7. The van der Waals surface area contributed by atoms with Gasteiger partial charge in [-0.3, -0.25) is 9.69 Å². The molecule has 2 fully saturated rings. The van der Waals surface area contributed by atoms with Gasteiger partial charge in [0.15, 0.2) is 0 Å². The first-order valence-corrected chi connectivity index (χ1v) is 8.32. The molecule has 114 valence electrons. The molecule has 0 aromatic heterocycles. The highest BCUT2D eigenvalue weighted by Crippen LogP contribution is 2.24. The number of hydrogen-bond acceptors (Lipinski definition) is 4. The van der Waals surface area contributed by atoms with E-state index in [1.54, 1.807) is 4.90 Å². The van der Waals surface area contributed by atoms with Crippen LogP contribution < -0.4 is 5.32 Å². The molecule has 0 saturated carbocycles. The number of rotatable bonds is 4. The third kappa shape index (κ3) is 3.79. The Labute approximate surface area is 123 Å². The number of likely N-dealkylation sites (tertiary alicyclic amines) is 1. The molecule has 7 heteroatoms. The van der Waals surface area contributed by atoms with Gasteiger partial charge >= 0.3 is 12.0 Å². The Morgan fingerprint density at radius 1 is 1.30 bits per heavy atom. The molecule has 2 aliphatic rings. The highest BCUT2D eigenvalue weighted by Gasteiger charge is 2.37. The Kier molecular flexibility index (Phi) is 5.54. The third-order valence-corrected chi connectivity index (χ3v) is 5.08. The van der Waals surface area contributed by atoms with E-state index in [1.807, 2.05) is 18.7 Å². The van der Waals surface area contributed by atoms with E-state index in [1.165, 1.54) is 0 Å². The fourth-order valence-electron chi connectivity index (χ4n) is 2.80. The maximum Gasteiger partial charge on any atom is 0.317 e. The van der Waals surface area contributed by atoms with Gasteiger partial charge in [-0.2, -0.15) is 11.8 Å². The molecule has 2 rings (SSSR count). The van der Waals surface area contributed by atoms with Crippen molar-refractivity contribution in [2.24, 2.45) is 5.92 Å². The van der Waals surface area contributed by atoms with Crippen LogP contribution in [0.25, 0.3) is 0 Å². The van der Waals surface area contributed by atoms with Crippen molar-refractivity contribution in [3.8, 4) is 0 Å². The standard InChI is InChI=1S/C13H23N3O3S/c1-10-11(12(17)18)2-4-16(10)13(19)14-3-5-15-6-8-20-9-7-15/h10-11H,2-9H2,1H3,(H,14,19)(H,17,18). The minimum Gasteiger partial charge on any atom is -0.481 e.